The molecule has 0 spiro atoms. The van der Waals surface area contributed by atoms with E-state index < -0.39 is 0 Å². The van der Waals surface area contributed by atoms with E-state index in [0.29, 0.717) is 24.7 Å². The average Bonchev–Trinajstić information content (AvgIpc) is 2.75. The maximum Gasteiger partial charge on any atom is 0.339 e. The van der Waals surface area contributed by atoms with E-state index in [4.69, 9.17) is 9.47 Å². The first-order chi connectivity index (χ1) is 9.95. The number of aryl methyl sites for hydroxylation is 2. The smallest absolute Gasteiger partial charge is 0.339 e. The van der Waals surface area contributed by atoms with Gasteiger partial charge in [-0.3, -0.25) is 4.90 Å². The summed E-state index contributed by atoms with van der Waals surface area (Å²) in [5.74, 6) is 0.407. The SMILES string of the molecule is Cc1cc(C(=O)OCC2CN(CC(C)C)CCO2)c(C)s1. The van der Waals surface area contributed by atoms with Crippen LogP contribution in [0, 0.1) is 19.8 Å². The Kier molecular flexibility index (Phi) is 5.79. The molecule has 2 heterocycles. The highest BCUT2D eigenvalue weighted by Gasteiger charge is 2.23. The van der Waals surface area contributed by atoms with Gasteiger partial charge in [0, 0.05) is 29.4 Å². The number of carbonyl (C=O) groups excluding carboxylic acids is 1. The van der Waals surface area contributed by atoms with Crippen molar-refractivity contribution in [3.8, 4) is 0 Å². The summed E-state index contributed by atoms with van der Waals surface area (Å²) in [4.78, 5) is 16.6. The van der Waals surface area contributed by atoms with Crippen LogP contribution >= 0.6 is 11.3 Å². The molecule has 2 rings (SSSR count). The molecule has 0 aromatic carbocycles. The Morgan fingerprint density at radius 2 is 2.29 bits per heavy atom. The zero-order valence-electron chi connectivity index (χ0n) is 13.3. The minimum atomic E-state index is -0.235. The second-order valence-corrected chi connectivity index (χ2v) is 7.53. The lowest BCUT2D eigenvalue weighted by Gasteiger charge is -2.33. The molecule has 0 saturated carbocycles. The van der Waals surface area contributed by atoms with E-state index >= 15 is 0 Å². The Hall–Kier alpha value is -0.910. The molecule has 21 heavy (non-hydrogen) atoms. The van der Waals surface area contributed by atoms with Crippen LogP contribution in [0.5, 0.6) is 0 Å². The summed E-state index contributed by atoms with van der Waals surface area (Å²) in [7, 11) is 0. The first kappa shape index (κ1) is 16.5. The molecule has 1 aromatic rings. The summed E-state index contributed by atoms with van der Waals surface area (Å²) in [5, 5.41) is 0. The molecule has 1 aliphatic rings. The van der Waals surface area contributed by atoms with E-state index in [1.54, 1.807) is 11.3 Å². The van der Waals surface area contributed by atoms with Crippen molar-refractivity contribution >= 4 is 17.3 Å². The molecule has 1 atom stereocenters. The summed E-state index contributed by atoms with van der Waals surface area (Å²) < 4.78 is 11.1. The third-order valence-corrected chi connectivity index (χ3v) is 4.47. The van der Waals surface area contributed by atoms with Gasteiger partial charge in [-0.2, -0.15) is 0 Å². The standard InChI is InChI=1S/C16H25NO3S/c1-11(2)8-17-5-6-19-14(9-17)10-20-16(18)15-7-12(3)21-13(15)4/h7,11,14H,5-6,8-10H2,1-4H3. The molecule has 1 fully saturated rings. The van der Waals surface area contributed by atoms with Crippen LogP contribution < -0.4 is 0 Å². The Balaban J connectivity index is 1.82. The number of esters is 1. The molecule has 1 saturated heterocycles. The zero-order chi connectivity index (χ0) is 15.4. The zero-order valence-corrected chi connectivity index (χ0v) is 14.2. The quantitative estimate of drug-likeness (QED) is 0.784. The number of hydrogen-bond donors (Lipinski definition) is 0. The third-order valence-electron chi connectivity index (χ3n) is 3.51. The first-order valence-electron chi connectivity index (χ1n) is 7.54. The number of thiophene rings is 1. The number of carbonyl (C=O) groups is 1. The van der Waals surface area contributed by atoms with E-state index in [9.17, 15) is 4.79 Å². The molecule has 4 nitrogen and oxygen atoms in total. The van der Waals surface area contributed by atoms with Crippen LogP contribution in [-0.4, -0.2) is 49.8 Å². The Labute approximate surface area is 131 Å². The highest BCUT2D eigenvalue weighted by Crippen LogP contribution is 2.21. The van der Waals surface area contributed by atoms with Gasteiger partial charge in [0.1, 0.15) is 12.7 Å². The van der Waals surface area contributed by atoms with Crippen molar-refractivity contribution in [2.75, 3.05) is 32.8 Å². The van der Waals surface area contributed by atoms with Gasteiger partial charge in [0.15, 0.2) is 0 Å². The van der Waals surface area contributed by atoms with Crippen molar-refractivity contribution in [1.82, 2.24) is 4.90 Å². The number of rotatable bonds is 5. The largest absolute Gasteiger partial charge is 0.459 e. The summed E-state index contributed by atoms with van der Waals surface area (Å²) in [5.41, 5.74) is 0.687. The molecule has 0 radical (unpaired) electrons. The normalized spacial score (nSPS) is 20.0. The van der Waals surface area contributed by atoms with Gasteiger partial charge < -0.3 is 9.47 Å². The number of morpholine rings is 1. The topological polar surface area (TPSA) is 38.8 Å². The van der Waals surface area contributed by atoms with Gasteiger partial charge in [-0.25, -0.2) is 4.79 Å². The third kappa shape index (κ3) is 4.80. The van der Waals surface area contributed by atoms with E-state index in [1.165, 1.54) is 0 Å². The second kappa shape index (κ2) is 7.38. The number of nitrogens with zero attached hydrogens (tertiary/aromatic N) is 1. The predicted molar refractivity (Wildman–Crippen MR) is 85.1 cm³/mol. The van der Waals surface area contributed by atoms with E-state index in [0.717, 1.165) is 29.4 Å². The summed E-state index contributed by atoms with van der Waals surface area (Å²) in [6.07, 6.45) is -0.0125. The van der Waals surface area contributed by atoms with Gasteiger partial charge in [-0.1, -0.05) is 13.8 Å². The van der Waals surface area contributed by atoms with Crippen LogP contribution in [0.15, 0.2) is 6.07 Å². The van der Waals surface area contributed by atoms with Gasteiger partial charge in [0.05, 0.1) is 12.2 Å². The van der Waals surface area contributed by atoms with Gasteiger partial charge in [-0.05, 0) is 25.8 Å². The maximum absolute atomic E-state index is 12.1. The maximum atomic E-state index is 12.1. The van der Waals surface area contributed by atoms with Crippen molar-refractivity contribution < 1.29 is 14.3 Å². The van der Waals surface area contributed by atoms with E-state index in [1.807, 2.05) is 19.9 Å². The molecule has 1 aromatic heterocycles. The predicted octanol–water partition coefficient (Wildman–Crippen LogP) is 2.88. The second-order valence-electron chi connectivity index (χ2n) is 6.07. The Morgan fingerprint density at radius 1 is 1.52 bits per heavy atom. The molecule has 1 unspecified atom stereocenters. The number of ether oxygens (including phenoxy) is 2. The fourth-order valence-corrected chi connectivity index (χ4v) is 3.56. The molecule has 5 heteroatoms. The van der Waals surface area contributed by atoms with Crippen molar-refractivity contribution in [2.24, 2.45) is 5.92 Å². The van der Waals surface area contributed by atoms with Gasteiger partial charge in [0.2, 0.25) is 0 Å². The van der Waals surface area contributed by atoms with Gasteiger partial charge in [0.25, 0.3) is 0 Å². The Morgan fingerprint density at radius 3 is 2.90 bits per heavy atom. The van der Waals surface area contributed by atoms with Crippen LogP contribution in [0.2, 0.25) is 0 Å². The molecule has 0 N–H and O–H groups in total. The number of hydrogen-bond acceptors (Lipinski definition) is 5. The van der Waals surface area contributed by atoms with Crippen LogP contribution in [0.1, 0.15) is 34.0 Å². The van der Waals surface area contributed by atoms with Gasteiger partial charge >= 0.3 is 5.97 Å². The average molecular weight is 311 g/mol. The highest BCUT2D eigenvalue weighted by molar-refractivity contribution is 7.12. The van der Waals surface area contributed by atoms with Crippen LogP contribution in [0.25, 0.3) is 0 Å². The van der Waals surface area contributed by atoms with Crippen molar-refractivity contribution in [3.05, 3.63) is 21.4 Å². The molecule has 0 aliphatic carbocycles. The molecular formula is C16H25NO3S. The van der Waals surface area contributed by atoms with Crippen molar-refractivity contribution in [2.45, 2.75) is 33.8 Å². The monoisotopic (exact) mass is 311 g/mol. The van der Waals surface area contributed by atoms with E-state index in [-0.39, 0.29) is 12.1 Å². The summed E-state index contributed by atoms with van der Waals surface area (Å²) in [6.45, 7) is 12.3. The summed E-state index contributed by atoms with van der Waals surface area (Å²) in [6, 6.07) is 1.90. The molecule has 118 valence electrons. The molecule has 0 bridgehead atoms. The minimum Gasteiger partial charge on any atom is -0.459 e. The molecule has 1 aliphatic heterocycles. The minimum absolute atomic E-state index is 0.0125. The fourth-order valence-electron chi connectivity index (χ4n) is 2.64. The lowest BCUT2D eigenvalue weighted by Crippen LogP contribution is -2.45. The van der Waals surface area contributed by atoms with E-state index in [2.05, 4.69) is 18.7 Å². The molecule has 0 amide bonds. The fraction of sp³-hybridized carbons (Fsp3) is 0.688. The lowest BCUT2D eigenvalue weighted by atomic mass is 10.2. The first-order valence-corrected chi connectivity index (χ1v) is 8.35. The van der Waals surface area contributed by atoms with Crippen LogP contribution in [0.4, 0.5) is 0 Å². The van der Waals surface area contributed by atoms with Gasteiger partial charge in [-0.15, -0.1) is 11.3 Å². The van der Waals surface area contributed by atoms with Crippen LogP contribution in [-0.2, 0) is 9.47 Å². The Bertz CT molecular complexity index is 484. The van der Waals surface area contributed by atoms with Crippen molar-refractivity contribution in [3.63, 3.8) is 0 Å². The highest BCUT2D eigenvalue weighted by atomic mass is 32.1. The van der Waals surface area contributed by atoms with Crippen molar-refractivity contribution in [1.29, 1.82) is 0 Å². The lowest BCUT2D eigenvalue weighted by molar-refractivity contribution is -0.0612. The van der Waals surface area contributed by atoms with Crippen LogP contribution in [0.3, 0.4) is 0 Å². The molecular weight excluding hydrogens is 286 g/mol. The summed E-state index contributed by atoms with van der Waals surface area (Å²) >= 11 is 1.63.